The van der Waals surface area contributed by atoms with Gasteiger partial charge in [0.2, 0.25) is 0 Å². The summed E-state index contributed by atoms with van der Waals surface area (Å²) in [5.74, 6) is 0.441. The highest BCUT2D eigenvalue weighted by Gasteiger charge is 2.44. The van der Waals surface area contributed by atoms with E-state index in [4.69, 9.17) is 0 Å². The van der Waals surface area contributed by atoms with Gasteiger partial charge in [-0.3, -0.25) is 4.79 Å². The lowest BCUT2D eigenvalue weighted by Gasteiger charge is -2.21. The topological polar surface area (TPSA) is 20.1 Å². The molecule has 1 saturated carbocycles. The molecule has 0 bridgehead atoms. The van der Waals surface area contributed by atoms with Crippen molar-refractivity contribution in [3.63, 3.8) is 0 Å². The highest BCUT2D eigenvalue weighted by atomic mass is 19.4. The maximum Gasteiger partial charge on any atom is 0.416 e. The standard InChI is InChI=1S/C16H18F3NO/c17-16(18,19)13-8-6-12(7-9-13)15(21)20-10-14(20)11-4-2-1-3-5-11/h6-9,11,14H,1-5,10H2/t14-,20?/m0/s1. The fourth-order valence-corrected chi connectivity index (χ4v) is 3.28. The van der Waals surface area contributed by atoms with Gasteiger partial charge in [-0.25, -0.2) is 0 Å². The molecule has 1 aliphatic heterocycles. The summed E-state index contributed by atoms with van der Waals surface area (Å²) in [5.41, 5.74) is -0.366. The van der Waals surface area contributed by atoms with Crippen LogP contribution >= 0.6 is 0 Å². The van der Waals surface area contributed by atoms with E-state index >= 15 is 0 Å². The number of halogens is 3. The Labute approximate surface area is 121 Å². The van der Waals surface area contributed by atoms with Crippen LogP contribution in [0.3, 0.4) is 0 Å². The second kappa shape index (κ2) is 5.35. The van der Waals surface area contributed by atoms with Gasteiger partial charge in [-0.15, -0.1) is 0 Å². The largest absolute Gasteiger partial charge is 0.416 e. The van der Waals surface area contributed by atoms with E-state index in [1.54, 1.807) is 4.90 Å². The van der Waals surface area contributed by atoms with Crippen molar-refractivity contribution in [3.05, 3.63) is 35.4 Å². The number of rotatable bonds is 2. The van der Waals surface area contributed by atoms with Crippen molar-refractivity contribution in [1.29, 1.82) is 0 Å². The van der Waals surface area contributed by atoms with Crippen LogP contribution in [0.15, 0.2) is 24.3 Å². The molecule has 0 unspecified atom stereocenters. The smallest absolute Gasteiger partial charge is 0.332 e. The Morgan fingerprint density at radius 2 is 1.67 bits per heavy atom. The minimum atomic E-state index is -4.36. The summed E-state index contributed by atoms with van der Waals surface area (Å²) in [5, 5.41) is 0. The van der Waals surface area contributed by atoms with Crippen molar-refractivity contribution in [2.24, 2.45) is 5.92 Å². The van der Waals surface area contributed by atoms with Crippen LogP contribution in [0.2, 0.25) is 0 Å². The van der Waals surface area contributed by atoms with Crippen LogP contribution < -0.4 is 0 Å². The Morgan fingerprint density at radius 1 is 1.05 bits per heavy atom. The van der Waals surface area contributed by atoms with Crippen molar-refractivity contribution in [2.75, 3.05) is 6.54 Å². The van der Waals surface area contributed by atoms with Gasteiger partial charge in [0, 0.05) is 12.1 Å². The molecule has 1 aliphatic carbocycles. The van der Waals surface area contributed by atoms with Crippen molar-refractivity contribution in [1.82, 2.24) is 4.90 Å². The third-order valence-corrected chi connectivity index (χ3v) is 4.56. The average Bonchev–Trinajstić information content (AvgIpc) is 3.27. The number of benzene rings is 1. The fourth-order valence-electron chi connectivity index (χ4n) is 3.28. The molecule has 1 aromatic rings. The lowest BCUT2D eigenvalue weighted by atomic mass is 9.87. The van der Waals surface area contributed by atoms with Crippen molar-refractivity contribution < 1.29 is 18.0 Å². The number of carbonyl (C=O) groups is 1. The Hall–Kier alpha value is -1.52. The van der Waals surface area contributed by atoms with Crippen LogP contribution in [0.25, 0.3) is 0 Å². The number of carbonyl (C=O) groups excluding carboxylic acids is 1. The van der Waals surface area contributed by atoms with E-state index in [0.717, 1.165) is 18.7 Å². The third-order valence-electron chi connectivity index (χ3n) is 4.56. The van der Waals surface area contributed by atoms with E-state index in [1.807, 2.05) is 0 Å². The Morgan fingerprint density at radius 3 is 2.24 bits per heavy atom. The molecule has 5 heteroatoms. The SMILES string of the molecule is O=C(c1ccc(C(F)(F)F)cc1)N1C[C@H]1C1CCCCC1. The van der Waals surface area contributed by atoms with Crippen LogP contribution in [-0.4, -0.2) is 23.4 Å². The molecule has 1 amide bonds. The molecule has 2 fully saturated rings. The predicted molar refractivity (Wildman–Crippen MR) is 72.8 cm³/mol. The Kier molecular flexibility index (Phi) is 3.68. The molecular weight excluding hydrogens is 279 g/mol. The van der Waals surface area contributed by atoms with E-state index < -0.39 is 11.7 Å². The van der Waals surface area contributed by atoms with E-state index in [0.29, 0.717) is 17.5 Å². The summed E-state index contributed by atoms with van der Waals surface area (Å²) in [4.78, 5) is 14.1. The number of amides is 1. The van der Waals surface area contributed by atoms with Gasteiger partial charge >= 0.3 is 6.18 Å². The zero-order chi connectivity index (χ0) is 15.0. The van der Waals surface area contributed by atoms with Crippen LogP contribution in [0.5, 0.6) is 0 Å². The number of alkyl halides is 3. The normalized spacial score (nSPS) is 23.2. The van der Waals surface area contributed by atoms with Gasteiger partial charge in [-0.05, 0) is 43.0 Å². The van der Waals surface area contributed by atoms with E-state index in [1.165, 1.54) is 44.2 Å². The van der Waals surface area contributed by atoms with Crippen LogP contribution in [0, 0.1) is 5.92 Å². The summed E-state index contributed by atoms with van der Waals surface area (Å²) in [6.07, 6.45) is 1.71. The van der Waals surface area contributed by atoms with Crippen LogP contribution in [0.1, 0.15) is 48.0 Å². The molecule has 2 aliphatic rings. The summed E-state index contributed by atoms with van der Waals surface area (Å²) < 4.78 is 37.5. The average molecular weight is 297 g/mol. The van der Waals surface area contributed by atoms with Gasteiger partial charge in [0.15, 0.2) is 0 Å². The zero-order valence-electron chi connectivity index (χ0n) is 11.7. The molecule has 114 valence electrons. The van der Waals surface area contributed by atoms with Crippen molar-refractivity contribution in [2.45, 2.75) is 44.3 Å². The number of hydrogen-bond donors (Lipinski definition) is 0. The summed E-state index contributed by atoms with van der Waals surface area (Å²) in [7, 11) is 0. The van der Waals surface area contributed by atoms with Gasteiger partial charge in [0.1, 0.15) is 0 Å². The molecule has 2 nitrogen and oxygen atoms in total. The van der Waals surface area contributed by atoms with Crippen molar-refractivity contribution >= 4 is 5.91 Å². The Bertz CT molecular complexity index is 517. The molecule has 1 heterocycles. The molecule has 1 saturated heterocycles. The quantitative estimate of drug-likeness (QED) is 0.752. The van der Waals surface area contributed by atoms with Crippen LogP contribution in [0.4, 0.5) is 13.2 Å². The van der Waals surface area contributed by atoms with E-state index in [2.05, 4.69) is 0 Å². The summed E-state index contributed by atoms with van der Waals surface area (Å²) in [6, 6.07) is 4.82. The molecule has 0 spiro atoms. The first-order valence-electron chi connectivity index (χ1n) is 7.45. The summed E-state index contributed by atoms with van der Waals surface area (Å²) >= 11 is 0. The molecule has 1 aromatic carbocycles. The van der Waals surface area contributed by atoms with Gasteiger partial charge in [-0.1, -0.05) is 19.3 Å². The highest BCUT2D eigenvalue weighted by Crippen LogP contribution is 2.37. The summed E-state index contributed by atoms with van der Waals surface area (Å²) in [6.45, 7) is 0.754. The highest BCUT2D eigenvalue weighted by molar-refractivity contribution is 5.96. The lowest BCUT2D eigenvalue weighted by Crippen LogP contribution is -2.21. The monoisotopic (exact) mass is 297 g/mol. The fraction of sp³-hybridized carbons (Fsp3) is 0.562. The minimum Gasteiger partial charge on any atom is -0.332 e. The molecule has 21 heavy (non-hydrogen) atoms. The maximum atomic E-state index is 12.5. The van der Waals surface area contributed by atoms with E-state index in [9.17, 15) is 18.0 Å². The predicted octanol–water partition coefficient (Wildman–Crippen LogP) is 4.11. The van der Waals surface area contributed by atoms with Crippen molar-refractivity contribution in [3.8, 4) is 0 Å². The first kappa shape index (κ1) is 14.4. The van der Waals surface area contributed by atoms with Gasteiger partial charge in [-0.2, -0.15) is 13.2 Å². The Balaban J connectivity index is 1.64. The minimum absolute atomic E-state index is 0.140. The van der Waals surface area contributed by atoms with E-state index in [-0.39, 0.29) is 5.91 Å². The second-order valence-electron chi connectivity index (χ2n) is 6.00. The molecule has 3 rings (SSSR count). The molecule has 0 aromatic heterocycles. The number of hydrogen-bond acceptors (Lipinski definition) is 1. The molecule has 0 radical (unpaired) electrons. The zero-order valence-corrected chi connectivity index (χ0v) is 11.7. The second-order valence-corrected chi connectivity index (χ2v) is 6.00. The molecule has 0 N–H and O–H groups in total. The maximum absolute atomic E-state index is 12.5. The number of nitrogens with zero attached hydrogens (tertiary/aromatic N) is 1. The molecule has 1 atom stereocenters. The lowest BCUT2D eigenvalue weighted by molar-refractivity contribution is -0.137. The van der Waals surface area contributed by atoms with Gasteiger partial charge in [0.25, 0.3) is 5.91 Å². The van der Waals surface area contributed by atoms with Gasteiger partial charge < -0.3 is 4.90 Å². The third kappa shape index (κ3) is 3.06. The first-order chi connectivity index (χ1) is 9.97. The molecular formula is C16H18F3NO. The first-order valence-corrected chi connectivity index (χ1v) is 7.45. The van der Waals surface area contributed by atoms with Gasteiger partial charge in [0.05, 0.1) is 11.6 Å². The van der Waals surface area contributed by atoms with Crippen LogP contribution in [-0.2, 0) is 6.18 Å².